The van der Waals surface area contributed by atoms with E-state index in [2.05, 4.69) is 0 Å². The molecule has 0 unspecified atom stereocenters. The molecule has 0 aliphatic heterocycles. The first-order chi connectivity index (χ1) is 15.0. The van der Waals surface area contributed by atoms with Gasteiger partial charge in [-0.05, 0) is 35.7 Å². The lowest BCUT2D eigenvalue weighted by molar-refractivity contribution is -0.137. The highest BCUT2D eigenvalue weighted by atomic mass is 32.1. The number of carboxylic acids is 1. The molecule has 0 radical (unpaired) electrons. The second kappa shape index (κ2) is 9.14. The number of thiophene rings is 1. The lowest BCUT2D eigenvalue weighted by Gasteiger charge is -2.12. The van der Waals surface area contributed by atoms with E-state index in [-0.39, 0.29) is 12.0 Å². The molecule has 0 aliphatic carbocycles. The Labute approximate surface area is 183 Å². The van der Waals surface area contributed by atoms with Gasteiger partial charge in [-0.3, -0.25) is 14.2 Å². The Hall–Kier alpha value is -3.45. The highest BCUT2D eigenvalue weighted by Crippen LogP contribution is 2.31. The normalized spacial score (nSPS) is 11.0. The molecule has 0 saturated heterocycles. The zero-order chi connectivity index (χ0) is 21.8. The van der Waals surface area contributed by atoms with Crippen LogP contribution >= 0.6 is 11.3 Å². The third kappa shape index (κ3) is 4.67. The van der Waals surface area contributed by atoms with Gasteiger partial charge in [0.25, 0.3) is 5.56 Å². The van der Waals surface area contributed by atoms with Gasteiger partial charge in [0.1, 0.15) is 16.4 Å². The number of nitrogens with zero attached hydrogens (tertiary/aromatic N) is 2. The van der Waals surface area contributed by atoms with E-state index in [1.165, 1.54) is 11.3 Å². The largest absolute Gasteiger partial charge is 0.497 e. The predicted molar refractivity (Wildman–Crippen MR) is 122 cm³/mol. The van der Waals surface area contributed by atoms with Crippen molar-refractivity contribution in [3.63, 3.8) is 0 Å². The Morgan fingerprint density at radius 2 is 1.87 bits per heavy atom. The minimum atomic E-state index is -0.874. The molecule has 0 saturated carbocycles. The number of fused-ring (bicyclic) bond motifs is 1. The molecule has 0 atom stereocenters. The van der Waals surface area contributed by atoms with Gasteiger partial charge in [-0.1, -0.05) is 42.5 Å². The van der Waals surface area contributed by atoms with Crippen LogP contribution < -0.4 is 10.3 Å². The molecule has 0 spiro atoms. The first-order valence-electron chi connectivity index (χ1n) is 9.98. The van der Waals surface area contributed by atoms with Crippen molar-refractivity contribution in [2.24, 2.45) is 0 Å². The second-order valence-electron chi connectivity index (χ2n) is 7.20. The van der Waals surface area contributed by atoms with Crippen LogP contribution in [0.2, 0.25) is 0 Å². The number of aliphatic carboxylic acids is 1. The van der Waals surface area contributed by atoms with Crippen molar-refractivity contribution in [1.29, 1.82) is 0 Å². The Bertz CT molecular complexity index is 1260. The average molecular weight is 435 g/mol. The highest BCUT2D eigenvalue weighted by molar-refractivity contribution is 7.21. The van der Waals surface area contributed by atoms with Gasteiger partial charge in [0.15, 0.2) is 0 Å². The fourth-order valence-electron chi connectivity index (χ4n) is 3.48. The van der Waals surface area contributed by atoms with Crippen molar-refractivity contribution in [2.45, 2.75) is 25.8 Å². The molecule has 2 aromatic carbocycles. The molecule has 1 N–H and O–H groups in total. The number of aromatic nitrogens is 2. The first-order valence-corrected chi connectivity index (χ1v) is 10.8. The van der Waals surface area contributed by atoms with E-state index >= 15 is 0 Å². The fraction of sp³-hybridized carbons (Fsp3) is 0.208. The first kappa shape index (κ1) is 20.8. The van der Waals surface area contributed by atoms with Crippen molar-refractivity contribution >= 4 is 27.5 Å². The predicted octanol–water partition coefficient (Wildman–Crippen LogP) is 4.59. The van der Waals surface area contributed by atoms with E-state index in [9.17, 15) is 9.59 Å². The molecule has 158 valence electrons. The summed E-state index contributed by atoms with van der Waals surface area (Å²) in [5.41, 5.74) is 1.91. The number of rotatable bonds is 8. The smallest absolute Gasteiger partial charge is 0.303 e. The summed E-state index contributed by atoms with van der Waals surface area (Å²) in [5.74, 6) is 0.520. The van der Waals surface area contributed by atoms with Gasteiger partial charge in [0, 0.05) is 24.3 Å². The minimum Gasteiger partial charge on any atom is -0.497 e. The molecular weight excluding hydrogens is 412 g/mol. The minimum absolute atomic E-state index is 0.00531. The van der Waals surface area contributed by atoms with Crippen LogP contribution in [0.25, 0.3) is 20.7 Å². The Morgan fingerprint density at radius 1 is 1.13 bits per heavy atom. The van der Waals surface area contributed by atoms with E-state index in [0.717, 1.165) is 21.8 Å². The zero-order valence-corrected chi connectivity index (χ0v) is 17.9. The number of carboxylic acid groups (broad SMARTS) is 1. The van der Waals surface area contributed by atoms with Crippen molar-refractivity contribution in [1.82, 2.24) is 9.55 Å². The Kier molecular flexibility index (Phi) is 6.13. The molecule has 2 aromatic heterocycles. The summed E-state index contributed by atoms with van der Waals surface area (Å²) in [6.45, 7) is 0.316. The Balaban J connectivity index is 1.76. The molecule has 31 heavy (non-hydrogen) atoms. The number of hydrogen-bond acceptors (Lipinski definition) is 5. The van der Waals surface area contributed by atoms with Gasteiger partial charge in [-0.2, -0.15) is 0 Å². The molecule has 0 fully saturated rings. The molecule has 7 heteroatoms. The van der Waals surface area contributed by atoms with Crippen LogP contribution in [0, 0.1) is 0 Å². The second-order valence-corrected chi connectivity index (χ2v) is 8.23. The summed E-state index contributed by atoms with van der Waals surface area (Å²) in [6.07, 6.45) is 0.847. The van der Waals surface area contributed by atoms with Crippen molar-refractivity contribution in [3.8, 4) is 16.2 Å². The van der Waals surface area contributed by atoms with Crippen LogP contribution in [0.5, 0.6) is 5.75 Å². The van der Waals surface area contributed by atoms with Gasteiger partial charge in [0.2, 0.25) is 0 Å². The van der Waals surface area contributed by atoms with E-state index in [1.807, 2.05) is 60.7 Å². The third-order valence-electron chi connectivity index (χ3n) is 5.08. The van der Waals surface area contributed by atoms with Crippen LogP contribution in [0.3, 0.4) is 0 Å². The topological polar surface area (TPSA) is 81.4 Å². The number of benzene rings is 2. The average Bonchev–Trinajstić information content (AvgIpc) is 3.21. The maximum absolute atomic E-state index is 13.3. The molecule has 4 rings (SSSR count). The van der Waals surface area contributed by atoms with Crippen LogP contribution in [0.15, 0.2) is 65.5 Å². The zero-order valence-electron chi connectivity index (χ0n) is 17.1. The van der Waals surface area contributed by atoms with Gasteiger partial charge in [0.05, 0.1) is 12.5 Å². The molecule has 4 aromatic rings. The number of carbonyl (C=O) groups is 1. The van der Waals surface area contributed by atoms with Crippen LogP contribution in [-0.2, 0) is 17.8 Å². The maximum Gasteiger partial charge on any atom is 0.303 e. The maximum atomic E-state index is 13.3. The van der Waals surface area contributed by atoms with Crippen LogP contribution in [-0.4, -0.2) is 27.7 Å². The lowest BCUT2D eigenvalue weighted by Crippen LogP contribution is -2.25. The van der Waals surface area contributed by atoms with Gasteiger partial charge >= 0.3 is 5.97 Å². The van der Waals surface area contributed by atoms with E-state index in [0.29, 0.717) is 35.4 Å². The summed E-state index contributed by atoms with van der Waals surface area (Å²) in [6, 6.07) is 19.4. The molecular formula is C24H22N2O4S. The van der Waals surface area contributed by atoms with Crippen molar-refractivity contribution in [3.05, 3.63) is 82.4 Å². The molecule has 0 bridgehead atoms. The molecule has 0 amide bonds. The van der Waals surface area contributed by atoms with Crippen LogP contribution in [0.1, 0.15) is 24.2 Å². The third-order valence-corrected chi connectivity index (χ3v) is 6.16. The molecule has 6 nitrogen and oxygen atoms in total. The van der Waals surface area contributed by atoms with Crippen molar-refractivity contribution < 1.29 is 14.6 Å². The number of hydrogen-bond donors (Lipinski definition) is 1. The molecule has 0 aliphatic rings. The summed E-state index contributed by atoms with van der Waals surface area (Å²) >= 11 is 1.49. The van der Waals surface area contributed by atoms with Crippen LogP contribution in [0.4, 0.5) is 0 Å². The standard InChI is InChI=1S/C24H22N2O4S/c1-30-18-11-9-16(10-12-18)14-21-25-23-19(24(29)26(21)13-5-8-22(27)28)15-20(31-23)17-6-3-2-4-7-17/h2-4,6-7,9-12,15H,5,8,13-14H2,1H3,(H,27,28). The Morgan fingerprint density at radius 3 is 2.55 bits per heavy atom. The van der Waals surface area contributed by atoms with E-state index < -0.39 is 5.97 Å². The van der Waals surface area contributed by atoms with E-state index in [4.69, 9.17) is 14.8 Å². The molecule has 2 heterocycles. The van der Waals surface area contributed by atoms with Gasteiger partial charge in [-0.15, -0.1) is 11.3 Å². The summed E-state index contributed by atoms with van der Waals surface area (Å²) in [4.78, 5) is 30.8. The van der Waals surface area contributed by atoms with Gasteiger partial charge < -0.3 is 9.84 Å². The van der Waals surface area contributed by atoms with Crippen molar-refractivity contribution in [2.75, 3.05) is 7.11 Å². The summed E-state index contributed by atoms with van der Waals surface area (Å²) < 4.78 is 6.84. The summed E-state index contributed by atoms with van der Waals surface area (Å²) in [7, 11) is 1.62. The summed E-state index contributed by atoms with van der Waals surface area (Å²) in [5, 5.41) is 9.57. The number of methoxy groups -OCH3 is 1. The number of ether oxygens (including phenoxy) is 1. The van der Waals surface area contributed by atoms with Gasteiger partial charge in [-0.25, -0.2) is 4.98 Å². The van der Waals surface area contributed by atoms with E-state index in [1.54, 1.807) is 11.7 Å². The fourth-order valence-corrected chi connectivity index (χ4v) is 4.53. The highest BCUT2D eigenvalue weighted by Gasteiger charge is 2.16. The SMILES string of the molecule is COc1ccc(Cc2nc3sc(-c4ccccc4)cc3c(=O)n2CCCC(=O)O)cc1. The quantitative estimate of drug-likeness (QED) is 0.439. The lowest BCUT2D eigenvalue weighted by atomic mass is 10.1. The monoisotopic (exact) mass is 434 g/mol.